The van der Waals surface area contributed by atoms with Gasteiger partial charge in [0.25, 0.3) is 0 Å². The molecule has 0 aliphatic carbocycles. The predicted molar refractivity (Wildman–Crippen MR) is 64.6 cm³/mol. The zero-order valence-electron chi connectivity index (χ0n) is 8.62. The quantitative estimate of drug-likeness (QED) is 0.756. The molecule has 0 aliphatic rings. The van der Waals surface area contributed by atoms with Gasteiger partial charge in [0.05, 0.1) is 6.42 Å². The van der Waals surface area contributed by atoms with Gasteiger partial charge in [0.1, 0.15) is 0 Å². The molecule has 0 radical (unpaired) electrons. The van der Waals surface area contributed by atoms with Crippen LogP contribution in [0.15, 0.2) is 30.3 Å². The maximum atomic E-state index is 11.5. The minimum Gasteiger partial charge on any atom is -0.363 e. The second-order valence-corrected chi connectivity index (χ2v) is 3.48. The highest BCUT2D eigenvalue weighted by atomic mass is 32.1. The molecule has 0 atom stereocenters. The molecule has 1 amide bonds. The summed E-state index contributed by atoms with van der Waals surface area (Å²) in [6, 6.07) is 9.56. The molecule has 80 valence electrons. The van der Waals surface area contributed by atoms with Crippen molar-refractivity contribution in [2.24, 2.45) is 0 Å². The number of thiocarbonyl (C=S) groups is 1. The minimum atomic E-state index is -0.0906. The lowest BCUT2D eigenvalue weighted by Crippen LogP contribution is -2.39. The summed E-state index contributed by atoms with van der Waals surface area (Å²) in [6.07, 6.45) is 0.354. The first kappa shape index (κ1) is 11.7. The third-order valence-corrected chi connectivity index (χ3v) is 2.04. The Bertz CT molecular complexity index is 338. The van der Waals surface area contributed by atoms with E-state index in [0.29, 0.717) is 18.1 Å². The van der Waals surface area contributed by atoms with Gasteiger partial charge in [-0.3, -0.25) is 4.79 Å². The van der Waals surface area contributed by atoms with E-state index < -0.39 is 0 Å². The Morgan fingerprint density at radius 3 is 2.60 bits per heavy atom. The van der Waals surface area contributed by atoms with Gasteiger partial charge in [0, 0.05) is 6.54 Å². The molecule has 0 aromatic heterocycles. The molecule has 1 rings (SSSR count). The molecule has 0 bridgehead atoms. The molecule has 3 nitrogen and oxygen atoms in total. The highest BCUT2D eigenvalue weighted by Crippen LogP contribution is 1.98. The fourth-order valence-corrected chi connectivity index (χ4v) is 1.42. The van der Waals surface area contributed by atoms with E-state index in [2.05, 4.69) is 10.6 Å². The van der Waals surface area contributed by atoms with Gasteiger partial charge in [0.2, 0.25) is 5.91 Å². The molecule has 0 fully saturated rings. The number of amides is 1. The number of nitrogens with one attached hydrogen (secondary N) is 2. The van der Waals surface area contributed by atoms with Gasteiger partial charge < -0.3 is 10.6 Å². The zero-order chi connectivity index (χ0) is 11.1. The van der Waals surface area contributed by atoms with Crippen LogP contribution in [0.1, 0.15) is 12.5 Å². The third-order valence-electron chi connectivity index (χ3n) is 1.80. The lowest BCUT2D eigenvalue weighted by atomic mass is 10.1. The summed E-state index contributed by atoms with van der Waals surface area (Å²) in [7, 11) is 0. The standard InChI is InChI=1S/C11H14N2OS/c1-2-12-11(15)13-10(14)8-9-6-4-3-5-7-9/h3-7H,2,8H2,1H3,(H2,12,13,14,15). The fraction of sp³-hybridized carbons (Fsp3) is 0.273. The Hall–Kier alpha value is -1.42. The lowest BCUT2D eigenvalue weighted by molar-refractivity contribution is -0.119. The Labute approximate surface area is 94.9 Å². The number of benzene rings is 1. The minimum absolute atomic E-state index is 0.0906. The maximum absolute atomic E-state index is 11.5. The Morgan fingerprint density at radius 1 is 1.33 bits per heavy atom. The Balaban J connectivity index is 2.40. The molecule has 0 aliphatic heterocycles. The van der Waals surface area contributed by atoms with E-state index in [9.17, 15) is 4.79 Å². The van der Waals surface area contributed by atoms with Crippen LogP contribution in [0, 0.1) is 0 Å². The molecule has 0 heterocycles. The van der Waals surface area contributed by atoms with Crippen LogP contribution < -0.4 is 10.6 Å². The summed E-state index contributed by atoms with van der Waals surface area (Å²) in [5.74, 6) is -0.0906. The molecule has 0 saturated heterocycles. The molecule has 4 heteroatoms. The van der Waals surface area contributed by atoms with Crippen molar-refractivity contribution in [2.45, 2.75) is 13.3 Å². The molecule has 0 spiro atoms. The molecular weight excluding hydrogens is 208 g/mol. The van der Waals surface area contributed by atoms with E-state index in [1.807, 2.05) is 37.3 Å². The summed E-state index contributed by atoms with van der Waals surface area (Å²) < 4.78 is 0. The van der Waals surface area contributed by atoms with Crippen LogP contribution in [0.3, 0.4) is 0 Å². The normalized spacial score (nSPS) is 9.40. The van der Waals surface area contributed by atoms with E-state index in [-0.39, 0.29) is 5.91 Å². The van der Waals surface area contributed by atoms with Gasteiger partial charge in [0.15, 0.2) is 5.11 Å². The summed E-state index contributed by atoms with van der Waals surface area (Å²) in [6.45, 7) is 2.64. The largest absolute Gasteiger partial charge is 0.363 e. The highest BCUT2D eigenvalue weighted by Gasteiger charge is 2.04. The van der Waals surface area contributed by atoms with E-state index in [1.165, 1.54) is 0 Å². The van der Waals surface area contributed by atoms with Crippen molar-refractivity contribution < 1.29 is 4.79 Å². The van der Waals surface area contributed by atoms with Gasteiger partial charge in [-0.1, -0.05) is 30.3 Å². The molecule has 1 aromatic carbocycles. The first-order valence-corrected chi connectivity index (χ1v) is 5.24. The van der Waals surface area contributed by atoms with Crippen LogP contribution in [0.25, 0.3) is 0 Å². The topological polar surface area (TPSA) is 41.1 Å². The van der Waals surface area contributed by atoms with Gasteiger partial charge in [-0.05, 0) is 24.7 Å². The summed E-state index contributed by atoms with van der Waals surface area (Å²) in [5, 5.41) is 5.86. The average molecular weight is 222 g/mol. The van der Waals surface area contributed by atoms with E-state index >= 15 is 0 Å². The van der Waals surface area contributed by atoms with Crippen LogP contribution >= 0.6 is 12.2 Å². The predicted octanol–water partition coefficient (Wildman–Crippen LogP) is 1.24. The second-order valence-electron chi connectivity index (χ2n) is 3.07. The molecular formula is C11H14N2OS. The van der Waals surface area contributed by atoms with Crippen LogP contribution in [0.4, 0.5) is 0 Å². The first-order chi connectivity index (χ1) is 7.22. The Kier molecular flexibility index (Phi) is 4.77. The zero-order valence-corrected chi connectivity index (χ0v) is 9.43. The van der Waals surface area contributed by atoms with Crippen LogP contribution in [0.5, 0.6) is 0 Å². The summed E-state index contributed by atoms with van der Waals surface area (Å²) >= 11 is 4.90. The smallest absolute Gasteiger partial charge is 0.230 e. The number of hydrogen-bond acceptors (Lipinski definition) is 2. The monoisotopic (exact) mass is 222 g/mol. The molecule has 2 N–H and O–H groups in total. The summed E-state index contributed by atoms with van der Waals surface area (Å²) in [5.41, 5.74) is 0.981. The first-order valence-electron chi connectivity index (χ1n) is 4.84. The van der Waals surface area contributed by atoms with E-state index in [1.54, 1.807) is 0 Å². The van der Waals surface area contributed by atoms with Crippen molar-refractivity contribution >= 4 is 23.2 Å². The van der Waals surface area contributed by atoms with Crippen molar-refractivity contribution in [3.63, 3.8) is 0 Å². The summed E-state index contributed by atoms with van der Waals surface area (Å²) in [4.78, 5) is 11.5. The van der Waals surface area contributed by atoms with Gasteiger partial charge >= 0.3 is 0 Å². The fourth-order valence-electron chi connectivity index (χ4n) is 1.16. The van der Waals surface area contributed by atoms with E-state index in [4.69, 9.17) is 12.2 Å². The van der Waals surface area contributed by atoms with Crippen LogP contribution in [0.2, 0.25) is 0 Å². The SMILES string of the molecule is CCNC(=S)NC(=O)Cc1ccccc1. The van der Waals surface area contributed by atoms with Gasteiger partial charge in [-0.25, -0.2) is 0 Å². The van der Waals surface area contributed by atoms with Gasteiger partial charge in [-0.2, -0.15) is 0 Å². The second kappa shape index (κ2) is 6.14. The van der Waals surface area contributed by atoms with Crippen molar-refractivity contribution in [3.05, 3.63) is 35.9 Å². The molecule has 0 unspecified atom stereocenters. The van der Waals surface area contributed by atoms with E-state index in [0.717, 1.165) is 5.56 Å². The maximum Gasteiger partial charge on any atom is 0.230 e. The van der Waals surface area contributed by atoms with Crippen molar-refractivity contribution in [1.29, 1.82) is 0 Å². The average Bonchev–Trinajstić information content (AvgIpc) is 2.19. The number of rotatable bonds is 3. The number of carbonyl (C=O) groups is 1. The van der Waals surface area contributed by atoms with Crippen LogP contribution in [-0.4, -0.2) is 17.6 Å². The molecule has 1 aromatic rings. The van der Waals surface area contributed by atoms with Crippen LogP contribution in [-0.2, 0) is 11.2 Å². The van der Waals surface area contributed by atoms with Crippen molar-refractivity contribution in [2.75, 3.05) is 6.54 Å². The van der Waals surface area contributed by atoms with Gasteiger partial charge in [-0.15, -0.1) is 0 Å². The van der Waals surface area contributed by atoms with Crippen molar-refractivity contribution in [1.82, 2.24) is 10.6 Å². The van der Waals surface area contributed by atoms with Crippen molar-refractivity contribution in [3.8, 4) is 0 Å². The number of carbonyl (C=O) groups excluding carboxylic acids is 1. The third kappa shape index (κ3) is 4.56. The Morgan fingerprint density at radius 2 is 2.00 bits per heavy atom. The molecule has 0 saturated carbocycles. The molecule has 15 heavy (non-hydrogen) atoms. The lowest BCUT2D eigenvalue weighted by Gasteiger charge is -2.07. The number of hydrogen-bond donors (Lipinski definition) is 2. The highest BCUT2D eigenvalue weighted by molar-refractivity contribution is 7.80.